The van der Waals surface area contributed by atoms with Crippen molar-refractivity contribution in [3.8, 4) is 11.8 Å². The lowest BCUT2D eigenvalue weighted by atomic mass is 9.96. The summed E-state index contributed by atoms with van der Waals surface area (Å²) < 4.78 is 50.5. The Hall–Kier alpha value is -2.95. The first-order valence-electron chi connectivity index (χ1n) is 8.65. The number of hydrogen-bond acceptors (Lipinski definition) is 4. The molecule has 1 amide bonds. The van der Waals surface area contributed by atoms with Crippen molar-refractivity contribution in [2.45, 2.75) is 44.0 Å². The second-order valence-corrected chi connectivity index (χ2v) is 6.15. The van der Waals surface area contributed by atoms with E-state index in [4.69, 9.17) is 4.74 Å². The number of esters is 1. The molecular formula is C20H20F3NO4. The molecule has 150 valence electrons. The summed E-state index contributed by atoms with van der Waals surface area (Å²) in [6.45, 7) is -0.264. The highest BCUT2D eigenvalue weighted by atomic mass is 19.4. The van der Waals surface area contributed by atoms with Crippen LogP contribution in [-0.2, 0) is 20.9 Å². The number of nitrogens with one attached hydrogen (secondary N) is 1. The molecule has 1 unspecified atom stereocenters. The molecule has 5 nitrogen and oxygen atoms in total. The van der Waals surface area contributed by atoms with Gasteiger partial charge < -0.3 is 9.47 Å². The summed E-state index contributed by atoms with van der Waals surface area (Å²) in [5, 5.41) is 1.57. The highest BCUT2D eigenvalue weighted by Crippen LogP contribution is 2.32. The summed E-state index contributed by atoms with van der Waals surface area (Å²) in [5.74, 6) is 2.54. The van der Waals surface area contributed by atoms with Crippen LogP contribution in [0.5, 0.6) is 0 Å². The number of ether oxygens (including phenoxy) is 2. The van der Waals surface area contributed by atoms with Crippen molar-refractivity contribution in [1.82, 2.24) is 5.32 Å². The van der Waals surface area contributed by atoms with E-state index in [9.17, 15) is 22.8 Å². The largest absolute Gasteiger partial charge is 0.466 e. The molecule has 1 aliphatic rings. The van der Waals surface area contributed by atoms with E-state index < -0.39 is 23.8 Å². The SMILES string of the molecule is COC(=O)C(C#CC1=CCCCC1)(NC(=O)OCc1ccccc1)C(F)(F)F. The van der Waals surface area contributed by atoms with E-state index in [-0.39, 0.29) is 6.61 Å². The van der Waals surface area contributed by atoms with Crippen LogP contribution in [0.4, 0.5) is 18.0 Å². The Balaban J connectivity index is 2.26. The lowest BCUT2D eigenvalue weighted by Crippen LogP contribution is -2.63. The van der Waals surface area contributed by atoms with E-state index in [1.165, 1.54) is 0 Å². The molecule has 1 N–H and O–H groups in total. The molecular weight excluding hydrogens is 375 g/mol. The molecule has 0 aromatic heterocycles. The van der Waals surface area contributed by atoms with E-state index in [2.05, 4.69) is 10.7 Å². The molecule has 0 saturated heterocycles. The van der Waals surface area contributed by atoms with Crippen LogP contribution >= 0.6 is 0 Å². The number of alkyl halides is 3. The van der Waals surface area contributed by atoms with Crippen molar-refractivity contribution in [1.29, 1.82) is 0 Å². The molecule has 0 aliphatic heterocycles. The molecule has 28 heavy (non-hydrogen) atoms. The molecule has 0 fully saturated rings. The third-order valence-electron chi connectivity index (χ3n) is 4.12. The van der Waals surface area contributed by atoms with Crippen LogP contribution in [0.25, 0.3) is 0 Å². The molecule has 0 spiro atoms. The van der Waals surface area contributed by atoms with E-state index in [0.717, 1.165) is 20.0 Å². The van der Waals surface area contributed by atoms with Crippen LogP contribution in [0.1, 0.15) is 31.2 Å². The highest BCUT2D eigenvalue weighted by molar-refractivity contribution is 5.90. The van der Waals surface area contributed by atoms with Crippen LogP contribution in [0.2, 0.25) is 0 Å². The summed E-state index contributed by atoms with van der Waals surface area (Å²) in [7, 11) is 0.793. The first-order valence-corrected chi connectivity index (χ1v) is 8.65. The summed E-state index contributed by atoms with van der Waals surface area (Å²) in [5.41, 5.74) is -2.46. The number of benzene rings is 1. The molecule has 0 saturated carbocycles. The highest BCUT2D eigenvalue weighted by Gasteiger charge is 2.62. The van der Waals surface area contributed by atoms with Crippen molar-refractivity contribution in [2.75, 3.05) is 7.11 Å². The third-order valence-corrected chi connectivity index (χ3v) is 4.12. The maximum Gasteiger partial charge on any atom is 0.434 e. The quantitative estimate of drug-likeness (QED) is 0.621. The molecule has 0 bridgehead atoms. The monoisotopic (exact) mass is 395 g/mol. The van der Waals surface area contributed by atoms with E-state index >= 15 is 0 Å². The van der Waals surface area contributed by atoms with Gasteiger partial charge in [0.15, 0.2) is 0 Å². The number of amides is 1. The predicted octanol–water partition coefficient (Wildman–Crippen LogP) is 3.89. The molecule has 8 heteroatoms. The van der Waals surface area contributed by atoms with Crippen molar-refractivity contribution in [2.24, 2.45) is 0 Å². The fourth-order valence-corrected chi connectivity index (χ4v) is 2.58. The molecule has 1 aromatic carbocycles. The number of alkyl carbamates (subject to hydrolysis) is 1. The number of allylic oxidation sites excluding steroid dienone is 2. The summed E-state index contributed by atoms with van der Waals surface area (Å²) in [4.78, 5) is 24.1. The number of methoxy groups -OCH3 is 1. The van der Waals surface area contributed by atoms with Gasteiger partial charge in [0.1, 0.15) is 6.61 Å². The Kier molecular flexibility index (Phi) is 7.10. The van der Waals surface area contributed by atoms with Crippen LogP contribution in [0.3, 0.4) is 0 Å². The average Bonchev–Trinajstić information content (AvgIpc) is 2.69. The van der Waals surface area contributed by atoms with Gasteiger partial charge in [-0.2, -0.15) is 13.2 Å². The van der Waals surface area contributed by atoms with E-state index in [0.29, 0.717) is 24.0 Å². The molecule has 0 heterocycles. The minimum Gasteiger partial charge on any atom is -0.466 e. The van der Waals surface area contributed by atoms with Crippen LogP contribution < -0.4 is 5.32 Å². The first kappa shape index (κ1) is 21.4. The van der Waals surface area contributed by atoms with Gasteiger partial charge in [-0.3, -0.25) is 5.32 Å². The van der Waals surface area contributed by atoms with E-state index in [1.54, 1.807) is 41.7 Å². The Morgan fingerprint density at radius 1 is 1.18 bits per heavy atom. The van der Waals surface area contributed by atoms with Crippen molar-refractivity contribution in [3.63, 3.8) is 0 Å². The van der Waals surface area contributed by atoms with Crippen molar-refractivity contribution >= 4 is 12.1 Å². The lowest BCUT2D eigenvalue weighted by molar-refractivity contribution is -0.197. The molecule has 0 radical (unpaired) electrons. The maximum atomic E-state index is 13.8. The average molecular weight is 395 g/mol. The lowest BCUT2D eigenvalue weighted by Gasteiger charge is -2.28. The van der Waals surface area contributed by atoms with Gasteiger partial charge in [-0.25, -0.2) is 9.59 Å². The zero-order chi connectivity index (χ0) is 20.6. The fraction of sp³-hybridized carbons (Fsp3) is 0.400. The molecule has 1 aliphatic carbocycles. The summed E-state index contributed by atoms with van der Waals surface area (Å²) >= 11 is 0. The second kappa shape index (κ2) is 9.31. The number of halogens is 3. The minimum absolute atomic E-state index is 0.264. The topological polar surface area (TPSA) is 64.6 Å². The molecule has 1 aromatic rings. The van der Waals surface area contributed by atoms with Gasteiger partial charge in [0.25, 0.3) is 5.54 Å². The van der Waals surface area contributed by atoms with E-state index in [1.807, 2.05) is 5.92 Å². The Morgan fingerprint density at radius 2 is 1.89 bits per heavy atom. The maximum absolute atomic E-state index is 13.8. The zero-order valence-corrected chi connectivity index (χ0v) is 15.3. The third kappa shape index (κ3) is 5.28. The Bertz CT molecular complexity index is 793. The van der Waals surface area contributed by atoms with Gasteiger partial charge in [-0.1, -0.05) is 42.3 Å². The van der Waals surface area contributed by atoms with Crippen LogP contribution in [0, 0.1) is 11.8 Å². The number of rotatable bonds is 4. The summed E-state index contributed by atoms with van der Waals surface area (Å²) in [6, 6.07) is 8.40. The molecule has 1 atom stereocenters. The van der Waals surface area contributed by atoms with Gasteiger partial charge in [0.05, 0.1) is 7.11 Å². The minimum atomic E-state index is -5.21. The fourth-order valence-electron chi connectivity index (χ4n) is 2.58. The number of hydrogen-bond donors (Lipinski definition) is 1. The standard InChI is InChI=1S/C20H20F3NO4/c1-27-17(25)19(20(21,22)23,13-12-15-8-4-2-5-9-15)24-18(26)28-14-16-10-6-3-7-11-16/h3,6-8,10-11H,2,4-5,9,14H2,1H3,(H,24,26). The second-order valence-electron chi connectivity index (χ2n) is 6.15. The van der Waals surface area contributed by atoms with Gasteiger partial charge in [-0.15, -0.1) is 0 Å². The van der Waals surface area contributed by atoms with Gasteiger partial charge in [-0.05, 0) is 42.7 Å². The van der Waals surface area contributed by atoms with Gasteiger partial charge in [0, 0.05) is 0 Å². The van der Waals surface area contributed by atoms with Gasteiger partial charge in [0.2, 0.25) is 0 Å². The summed E-state index contributed by atoms with van der Waals surface area (Å²) in [6.07, 6.45) is -1.98. The van der Waals surface area contributed by atoms with Gasteiger partial charge >= 0.3 is 18.2 Å². The van der Waals surface area contributed by atoms with Crippen LogP contribution in [-0.4, -0.2) is 30.9 Å². The van der Waals surface area contributed by atoms with Crippen molar-refractivity contribution < 1.29 is 32.2 Å². The van der Waals surface area contributed by atoms with Crippen LogP contribution in [0.15, 0.2) is 42.0 Å². The smallest absolute Gasteiger partial charge is 0.434 e. The van der Waals surface area contributed by atoms with Crippen molar-refractivity contribution in [3.05, 3.63) is 47.5 Å². The first-order chi connectivity index (χ1) is 13.3. The molecule has 2 rings (SSSR count). The Labute approximate surface area is 160 Å². The zero-order valence-electron chi connectivity index (χ0n) is 15.3. The number of carbonyl (C=O) groups is 2. The number of carbonyl (C=O) groups excluding carboxylic acids is 2. The normalized spacial score (nSPS) is 15.9. The Morgan fingerprint density at radius 3 is 2.46 bits per heavy atom. The predicted molar refractivity (Wildman–Crippen MR) is 94.9 cm³/mol.